The van der Waals surface area contributed by atoms with Gasteiger partial charge in [0.1, 0.15) is 6.04 Å². The van der Waals surface area contributed by atoms with Gasteiger partial charge in [0.15, 0.2) is 0 Å². The highest BCUT2D eigenvalue weighted by Crippen LogP contribution is 2.28. The average Bonchev–Trinajstić information content (AvgIpc) is 3.32. The van der Waals surface area contributed by atoms with Gasteiger partial charge in [-0.2, -0.15) is 0 Å². The van der Waals surface area contributed by atoms with E-state index in [2.05, 4.69) is 10.6 Å². The zero-order chi connectivity index (χ0) is 25.7. The summed E-state index contributed by atoms with van der Waals surface area (Å²) in [5.74, 6) is -1.30. The highest BCUT2D eigenvalue weighted by atomic mass is 32.1. The number of anilines is 2. The molecule has 3 aromatic carbocycles. The van der Waals surface area contributed by atoms with Crippen LogP contribution in [-0.2, 0) is 11.2 Å². The smallest absolute Gasteiger partial charge is 0.284 e. The number of carbonyl (C=O) groups is 3. The number of hydroxylamine groups is 1. The van der Waals surface area contributed by atoms with Gasteiger partial charge >= 0.3 is 0 Å². The Labute approximate surface area is 212 Å². The fourth-order valence-electron chi connectivity index (χ4n) is 3.73. The van der Waals surface area contributed by atoms with E-state index in [9.17, 15) is 14.4 Å². The lowest BCUT2D eigenvalue weighted by Crippen LogP contribution is -2.45. The molecule has 0 aliphatic carbocycles. The van der Waals surface area contributed by atoms with E-state index in [4.69, 9.17) is 5.21 Å². The minimum Gasteiger partial charge on any atom is -0.378 e. The van der Waals surface area contributed by atoms with Gasteiger partial charge in [-0.3, -0.25) is 19.6 Å². The van der Waals surface area contributed by atoms with Gasteiger partial charge in [-0.05, 0) is 59.5 Å². The fourth-order valence-corrected chi connectivity index (χ4v) is 4.66. The predicted octanol–water partition coefficient (Wildman–Crippen LogP) is 4.07. The summed E-state index contributed by atoms with van der Waals surface area (Å²) in [6.07, 6.45) is 0.315. The SMILES string of the molecule is CN(C)c1ccc(C(=O)NC(Cc2ccccc2)C(=O)Nc2ccc3sc(C(=O)NO)cc3c2)cc1. The van der Waals surface area contributed by atoms with Gasteiger partial charge in [0.2, 0.25) is 5.91 Å². The molecule has 0 bridgehead atoms. The molecule has 0 aliphatic rings. The van der Waals surface area contributed by atoms with Gasteiger partial charge < -0.3 is 15.5 Å². The number of carbonyl (C=O) groups excluding carboxylic acids is 3. The molecule has 0 radical (unpaired) electrons. The van der Waals surface area contributed by atoms with Crippen LogP contribution in [0.3, 0.4) is 0 Å². The van der Waals surface area contributed by atoms with Crippen molar-refractivity contribution in [1.29, 1.82) is 0 Å². The third-order valence-electron chi connectivity index (χ3n) is 5.66. The Balaban J connectivity index is 1.54. The van der Waals surface area contributed by atoms with Crippen LogP contribution in [0, 0.1) is 0 Å². The molecule has 1 heterocycles. The number of nitrogens with zero attached hydrogens (tertiary/aromatic N) is 1. The molecule has 0 spiro atoms. The molecule has 184 valence electrons. The molecule has 4 aromatic rings. The van der Waals surface area contributed by atoms with Crippen LogP contribution in [0.15, 0.2) is 78.9 Å². The minimum atomic E-state index is -0.817. The van der Waals surface area contributed by atoms with Crippen LogP contribution in [0.1, 0.15) is 25.6 Å². The van der Waals surface area contributed by atoms with E-state index in [0.29, 0.717) is 22.5 Å². The van der Waals surface area contributed by atoms with Crippen LogP contribution in [0.5, 0.6) is 0 Å². The number of fused-ring (bicyclic) bond motifs is 1. The summed E-state index contributed by atoms with van der Waals surface area (Å²) in [5.41, 5.74) is 4.49. The number of rotatable bonds is 8. The Morgan fingerprint density at radius 3 is 2.31 bits per heavy atom. The van der Waals surface area contributed by atoms with E-state index in [-0.39, 0.29) is 11.8 Å². The van der Waals surface area contributed by atoms with Crippen molar-refractivity contribution in [2.75, 3.05) is 24.3 Å². The van der Waals surface area contributed by atoms with Gasteiger partial charge in [0.25, 0.3) is 11.8 Å². The second kappa shape index (κ2) is 11.0. The number of nitrogens with one attached hydrogen (secondary N) is 3. The second-order valence-electron chi connectivity index (χ2n) is 8.45. The van der Waals surface area contributed by atoms with Gasteiger partial charge in [0.05, 0.1) is 4.88 Å². The lowest BCUT2D eigenvalue weighted by atomic mass is 10.0. The molecule has 1 atom stereocenters. The van der Waals surface area contributed by atoms with Crippen LogP contribution < -0.4 is 21.0 Å². The largest absolute Gasteiger partial charge is 0.378 e. The molecule has 0 aliphatic heterocycles. The lowest BCUT2D eigenvalue weighted by molar-refractivity contribution is -0.118. The Morgan fingerprint density at radius 2 is 1.64 bits per heavy atom. The van der Waals surface area contributed by atoms with E-state index in [1.165, 1.54) is 11.3 Å². The van der Waals surface area contributed by atoms with Crippen molar-refractivity contribution in [3.63, 3.8) is 0 Å². The van der Waals surface area contributed by atoms with Crippen molar-refractivity contribution in [2.45, 2.75) is 12.5 Å². The van der Waals surface area contributed by atoms with Crippen molar-refractivity contribution in [1.82, 2.24) is 10.8 Å². The Morgan fingerprint density at radius 1 is 0.917 bits per heavy atom. The van der Waals surface area contributed by atoms with Gasteiger partial charge in [-0.15, -0.1) is 11.3 Å². The van der Waals surface area contributed by atoms with E-state index in [1.54, 1.807) is 41.9 Å². The maximum Gasteiger partial charge on any atom is 0.284 e. The zero-order valence-corrected chi connectivity index (χ0v) is 20.6. The fraction of sp³-hybridized carbons (Fsp3) is 0.148. The van der Waals surface area contributed by atoms with Crippen LogP contribution in [0.25, 0.3) is 10.1 Å². The first-order valence-electron chi connectivity index (χ1n) is 11.2. The summed E-state index contributed by atoms with van der Waals surface area (Å²) in [6, 6.07) is 22.7. The third kappa shape index (κ3) is 5.88. The molecule has 1 aromatic heterocycles. The molecule has 1 unspecified atom stereocenters. The Kier molecular flexibility index (Phi) is 7.62. The highest BCUT2D eigenvalue weighted by molar-refractivity contribution is 7.20. The Bertz CT molecular complexity index is 1380. The topological polar surface area (TPSA) is 111 Å². The molecule has 0 fully saturated rings. The summed E-state index contributed by atoms with van der Waals surface area (Å²) >= 11 is 1.23. The summed E-state index contributed by atoms with van der Waals surface area (Å²) in [4.78, 5) is 40.3. The highest BCUT2D eigenvalue weighted by Gasteiger charge is 2.22. The molecular weight excluding hydrogens is 476 g/mol. The molecule has 36 heavy (non-hydrogen) atoms. The first kappa shape index (κ1) is 24.9. The number of benzene rings is 3. The standard InChI is InChI=1S/C27H26N4O4S/c1-31(2)21-11-8-18(9-12-21)25(32)29-22(14-17-6-4-3-5-7-17)26(33)28-20-10-13-23-19(15-20)16-24(36-23)27(34)30-35/h3-13,15-16,22,35H,14H2,1-2H3,(H,28,33)(H,29,32)(H,30,34). The molecule has 8 nitrogen and oxygen atoms in total. The summed E-state index contributed by atoms with van der Waals surface area (Å²) in [5, 5.41) is 15.4. The van der Waals surface area contributed by atoms with Gasteiger partial charge in [-0.25, -0.2) is 5.48 Å². The van der Waals surface area contributed by atoms with Crippen molar-refractivity contribution >= 4 is 50.5 Å². The molecule has 4 N–H and O–H groups in total. The number of amides is 3. The normalized spacial score (nSPS) is 11.5. The van der Waals surface area contributed by atoms with Gasteiger partial charge in [-0.1, -0.05) is 30.3 Å². The van der Waals surface area contributed by atoms with E-state index in [0.717, 1.165) is 21.3 Å². The van der Waals surface area contributed by atoms with Crippen molar-refractivity contribution in [2.24, 2.45) is 0 Å². The predicted molar refractivity (Wildman–Crippen MR) is 142 cm³/mol. The molecule has 9 heteroatoms. The zero-order valence-electron chi connectivity index (χ0n) is 19.8. The van der Waals surface area contributed by atoms with Crippen LogP contribution >= 0.6 is 11.3 Å². The molecule has 3 amide bonds. The van der Waals surface area contributed by atoms with Gasteiger partial charge in [0, 0.05) is 42.2 Å². The van der Waals surface area contributed by atoms with Crippen molar-refractivity contribution in [3.05, 3.63) is 94.9 Å². The minimum absolute atomic E-state index is 0.315. The molecule has 4 rings (SSSR count). The summed E-state index contributed by atoms with van der Waals surface area (Å²) in [7, 11) is 3.84. The first-order valence-corrected chi connectivity index (χ1v) is 12.1. The van der Waals surface area contributed by atoms with E-state index < -0.39 is 11.9 Å². The van der Waals surface area contributed by atoms with Crippen LogP contribution in [0.4, 0.5) is 11.4 Å². The molecule has 0 saturated carbocycles. The van der Waals surface area contributed by atoms with E-state index in [1.807, 2.05) is 61.5 Å². The second-order valence-corrected chi connectivity index (χ2v) is 9.53. The summed E-state index contributed by atoms with van der Waals surface area (Å²) < 4.78 is 0.835. The molecule has 0 saturated heterocycles. The molecular formula is C27H26N4O4S. The number of hydrogen-bond donors (Lipinski definition) is 4. The van der Waals surface area contributed by atoms with Crippen molar-refractivity contribution < 1.29 is 19.6 Å². The maximum absolute atomic E-state index is 13.3. The Hall–Kier alpha value is -4.21. The van der Waals surface area contributed by atoms with Crippen LogP contribution in [-0.4, -0.2) is 43.1 Å². The maximum atomic E-state index is 13.3. The van der Waals surface area contributed by atoms with E-state index >= 15 is 0 Å². The summed E-state index contributed by atoms with van der Waals surface area (Å²) in [6.45, 7) is 0. The number of thiophene rings is 1. The third-order valence-corrected chi connectivity index (χ3v) is 6.77. The number of hydrogen-bond acceptors (Lipinski definition) is 6. The first-order chi connectivity index (χ1) is 17.3. The van der Waals surface area contributed by atoms with Crippen molar-refractivity contribution in [3.8, 4) is 0 Å². The van der Waals surface area contributed by atoms with Crippen LogP contribution in [0.2, 0.25) is 0 Å². The average molecular weight is 503 g/mol. The lowest BCUT2D eigenvalue weighted by Gasteiger charge is -2.19. The quantitative estimate of drug-likeness (QED) is 0.215. The monoisotopic (exact) mass is 502 g/mol.